The highest BCUT2D eigenvalue weighted by Crippen LogP contribution is 2.18. The minimum absolute atomic E-state index is 0.00392. The van der Waals surface area contributed by atoms with Crippen LogP contribution in [0.4, 0.5) is 4.39 Å². The molecule has 100 valence electrons. The van der Waals surface area contributed by atoms with Gasteiger partial charge in [0.05, 0.1) is 6.61 Å². The van der Waals surface area contributed by atoms with Crippen LogP contribution in [0.25, 0.3) is 0 Å². The van der Waals surface area contributed by atoms with E-state index in [1.165, 1.54) is 12.1 Å². The highest BCUT2D eigenvalue weighted by molar-refractivity contribution is 5.22. The molecule has 0 amide bonds. The van der Waals surface area contributed by atoms with Crippen molar-refractivity contribution in [2.24, 2.45) is 0 Å². The predicted molar refractivity (Wildman–Crippen MR) is 68.3 cm³/mol. The van der Waals surface area contributed by atoms with E-state index in [-0.39, 0.29) is 11.9 Å². The first kappa shape index (κ1) is 13.3. The summed E-state index contributed by atoms with van der Waals surface area (Å²) in [5.74, 6) is 0.443. The second-order valence-corrected chi connectivity index (χ2v) is 4.53. The third-order valence-electron chi connectivity index (χ3n) is 3.06. The Hall–Kier alpha value is -1.13. The fourth-order valence-electron chi connectivity index (χ4n) is 2.08. The maximum absolute atomic E-state index is 12.8. The Morgan fingerprint density at radius 2 is 2.17 bits per heavy atom. The second-order valence-electron chi connectivity index (χ2n) is 4.53. The average Bonchev–Trinajstić information content (AvgIpc) is 2.40. The minimum Gasteiger partial charge on any atom is -0.486 e. The lowest BCUT2D eigenvalue weighted by molar-refractivity contribution is -0.0146. The predicted octanol–water partition coefficient (Wildman–Crippen LogP) is 2.36. The summed E-state index contributed by atoms with van der Waals surface area (Å²) in [6, 6.07) is 6.44. The highest BCUT2D eigenvalue weighted by atomic mass is 19.1. The smallest absolute Gasteiger partial charge is 0.137 e. The van der Waals surface area contributed by atoms with Crippen molar-refractivity contribution in [1.82, 2.24) is 5.32 Å². The molecule has 1 N–H and O–H groups in total. The number of hydrogen-bond acceptors (Lipinski definition) is 3. The van der Waals surface area contributed by atoms with Crippen LogP contribution in [0.2, 0.25) is 0 Å². The van der Waals surface area contributed by atoms with Gasteiger partial charge in [-0.15, -0.1) is 0 Å². The Bertz CT molecular complexity index is 355. The lowest BCUT2D eigenvalue weighted by Crippen LogP contribution is -2.49. The molecule has 2 rings (SSSR count). The molecule has 1 aliphatic heterocycles. The van der Waals surface area contributed by atoms with Crippen LogP contribution in [-0.2, 0) is 4.74 Å². The third kappa shape index (κ3) is 3.68. The molecule has 1 heterocycles. The van der Waals surface area contributed by atoms with Crippen molar-refractivity contribution < 1.29 is 13.9 Å². The monoisotopic (exact) mass is 253 g/mol. The molecule has 1 fully saturated rings. The van der Waals surface area contributed by atoms with Gasteiger partial charge in [-0.2, -0.15) is 0 Å². The Kier molecular flexibility index (Phi) is 4.96. The van der Waals surface area contributed by atoms with Crippen molar-refractivity contribution in [2.45, 2.75) is 31.9 Å². The van der Waals surface area contributed by atoms with E-state index in [1.807, 2.05) is 0 Å². The summed E-state index contributed by atoms with van der Waals surface area (Å²) < 4.78 is 24.1. The first-order chi connectivity index (χ1) is 8.79. The summed E-state index contributed by atoms with van der Waals surface area (Å²) in [5, 5.41) is 3.47. The maximum atomic E-state index is 12.8. The molecular weight excluding hydrogens is 233 g/mol. The molecule has 0 radical (unpaired) electrons. The summed E-state index contributed by atoms with van der Waals surface area (Å²) >= 11 is 0. The van der Waals surface area contributed by atoms with Crippen LogP contribution < -0.4 is 10.1 Å². The SMILES string of the molecule is CCCNC1CCOCC1Oc1ccc(F)cc1. The molecule has 1 saturated heterocycles. The zero-order valence-corrected chi connectivity index (χ0v) is 10.7. The number of benzene rings is 1. The van der Waals surface area contributed by atoms with Gasteiger partial charge in [0.2, 0.25) is 0 Å². The van der Waals surface area contributed by atoms with Gasteiger partial charge in [-0.3, -0.25) is 0 Å². The molecular formula is C14H20FNO2. The van der Waals surface area contributed by atoms with Crippen LogP contribution >= 0.6 is 0 Å². The Morgan fingerprint density at radius 1 is 1.39 bits per heavy atom. The Balaban J connectivity index is 1.94. The van der Waals surface area contributed by atoms with Crippen molar-refractivity contribution >= 4 is 0 Å². The van der Waals surface area contributed by atoms with Gasteiger partial charge >= 0.3 is 0 Å². The molecule has 4 heteroatoms. The van der Waals surface area contributed by atoms with Crippen LogP contribution in [0.1, 0.15) is 19.8 Å². The topological polar surface area (TPSA) is 30.5 Å². The van der Waals surface area contributed by atoms with Crippen LogP contribution in [0.3, 0.4) is 0 Å². The normalized spacial score (nSPS) is 23.9. The zero-order valence-electron chi connectivity index (χ0n) is 10.7. The first-order valence-electron chi connectivity index (χ1n) is 6.53. The molecule has 18 heavy (non-hydrogen) atoms. The Labute approximate surface area is 107 Å². The van der Waals surface area contributed by atoms with E-state index in [0.29, 0.717) is 18.4 Å². The van der Waals surface area contributed by atoms with Gasteiger partial charge in [0.25, 0.3) is 0 Å². The van der Waals surface area contributed by atoms with Gasteiger partial charge < -0.3 is 14.8 Å². The summed E-state index contributed by atoms with van der Waals surface area (Å²) in [6.45, 7) is 4.47. The van der Waals surface area contributed by atoms with Crippen molar-refractivity contribution in [3.05, 3.63) is 30.1 Å². The van der Waals surface area contributed by atoms with Crippen molar-refractivity contribution in [2.75, 3.05) is 19.8 Å². The average molecular weight is 253 g/mol. The summed E-state index contributed by atoms with van der Waals surface area (Å²) in [7, 11) is 0. The van der Waals surface area contributed by atoms with Crippen LogP contribution in [0.15, 0.2) is 24.3 Å². The van der Waals surface area contributed by atoms with E-state index < -0.39 is 0 Å². The zero-order chi connectivity index (χ0) is 12.8. The van der Waals surface area contributed by atoms with Gasteiger partial charge in [-0.25, -0.2) is 4.39 Å². The standard InChI is InChI=1S/C14H20FNO2/c1-2-8-16-13-7-9-17-10-14(13)18-12-5-3-11(15)4-6-12/h3-6,13-14,16H,2,7-10H2,1H3. The van der Waals surface area contributed by atoms with Gasteiger partial charge in [0.1, 0.15) is 17.7 Å². The van der Waals surface area contributed by atoms with Crippen LogP contribution in [0, 0.1) is 5.82 Å². The minimum atomic E-state index is -0.247. The van der Waals surface area contributed by atoms with Gasteiger partial charge in [0, 0.05) is 12.6 Å². The summed E-state index contributed by atoms with van der Waals surface area (Å²) in [4.78, 5) is 0. The van der Waals surface area contributed by atoms with Gasteiger partial charge in [-0.1, -0.05) is 6.92 Å². The Morgan fingerprint density at radius 3 is 2.89 bits per heavy atom. The number of ether oxygens (including phenoxy) is 2. The largest absolute Gasteiger partial charge is 0.486 e. The van der Waals surface area contributed by atoms with Crippen molar-refractivity contribution in [3.8, 4) is 5.75 Å². The molecule has 1 aromatic carbocycles. The number of halogens is 1. The lowest BCUT2D eigenvalue weighted by atomic mass is 10.1. The van der Waals surface area contributed by atoms with Crippen molar-refractivity contribution in [3.63, 3.8) is 0 Å². The number of nitrogens with one attached hydrogen (secondary N) is 1. The van der Waals surface area contributed by atoms with Gasteiger partial charge in [-0.05, 0) is 43.7 Å². The molecule has 0 aromatic heterocycles. The molecule has 1 aromatic rings. The molecule has 2 unspecified atom stereocenters. The third-order valence-corrected chi connectivity index (χ3v) is 3.06. The second kappa shape index (κ2) is 6.71. The van der Waals surface area contributed by atoms with E-state index in [0.717, 1.165) is 26.0 Å². The fourth-order valence-corrected chi connectivity index (χ4v) is 2.08. The molecule has 1 aliphatic rings. The molecule has 0 spiro atoms. The quantitative estimate of drug-likeness (QED) is 0.874. The molecule has 0 saturated carbocycles. The maximum Gasteiger partial charge on any atom is 0.137 e. The molecule has 3 nitrogen and oxygen atoms in total. The molecule has 0 bridgehead atoms. The van der Waals surface area contributed by atoms with E-state index in [9.17, 15) is 4.39 Å². The number of rotatable bonds is 5. The van der Waals surface area contributed by atoms with E-state index in [2.05, 4.69) is 12.2 Å². The van der Waals surface area contributed by atoms with Crippen LogP contribution in [0.5, 0.6) is 5.75 Å². The molecule has 0 aliphatic carbocycles. The fraction of sp³-hybridized carbons (Fsp3) is 0.571. The van der Waals surface area contributed by atoms with Crippen molar-refractivity contribution in [1.29, 1.82) is 0 Å². The van der Waals surface area contributed by atoms with Gasteiger partial charge in [0.15, 0.2) is 0 Å². The number of hydrogen-bond donors (Lipinski definition) is 1. The summed E-state index contributed by atoms with van der Waals surface area (Å²) in [6.07, 6.45) is 2.04. The lowest BCUT2D eigenvalue weighted by Gasteiger charge is -2.32. The van der Waals surface area contributed by atoms with E-state index in [1.54, 1.807) is 12.1 Å². The van der Waals surface area contributed by atoms with E-state index in [4.69, 9.17) is 9.47 Å². The molecule has 2 atom stereocenters. The summed E-state index contributed by atoms with van der Waals surface area (Å²) in [5.41, 5.74) is 0. The van der Waals surface area contributed by atoms with E-state index >= 15 is 0 Å². The van der Waals surface area contributed by atoms with Crippen LogP contribution in [-0.4, -0.2) is 31.9 Å². The first-order valence-corrected chi connectivity index (χ1v) is 6.53. The highest BCUT2D eigenvalue weighted by Gasteiger charge is 2.26.